The number of aromatic nitrogens is 3. The Morgan fingerprint density at radius 3 is 1.98 bits per heavy atom. The minimum Gasteiger partial charge on any atom is -0.475 e. The lowest BCUT2D eigenvalue weighted by Crippen LogP contribution is -2.30. The Balaban J connectivity index is 0.000000276. The predicted octanol–water partition coefficient (Wildman–Crippen LogP) is 5.00. The van der Waals surface area contributed by atoms with Gasteiger partial charge in [-0.25, -0.2) is 23.9 Å². The van der Waals surface area contributed by atoms with Crippen LogP contribution in [0.3, 0.4) is 0 Å². The maximum absolute atomic E-state index is 13.3. The molecule has 5 rings (SSSR count). The van der Waals surface area contributed by atoms with Gasteiger partial charge in [0, 0.05) is 24.5 Å². The summed E-state index contributed by atoms with van der Waals surface area (Å²) in [6, 6.07) is 15.6. The van der Waals surface area contributed by atoms with Crippen LogP contribution in [-0.4, -0.2) is 61.3 Å². The molecule has 2 N–H and O–H groups in total. The van der Waals surface area contributed by atoms with Gasteiger partial charge in [0.1, 0.15) is 17.5 Å². The van der Waals surface area contributed by atoms with Gasteiger partial charge in [-0.3, -0.25) is 14.1 Å². The molecule has 0 bridgehead atoms. The molecule has 16 heteroatoms. The van der Waals surface area contributed by atoms with Crippen molar-refractivity contribution in [3.63, 3.8) is 0 Å². The first kappa shape index (κ1) is 30.5. The second kappa shape index (κ2) is 12.0. The van der Waals surface area contributed by atoms with Crippen molar-refractivity contribution in [2.75, 3.05) is 11.4 Å². The second-order valence-corrected chi connectivity index (χ2v) is 8.05. The first-order valence-corrected chi connectivity index (χ1v) is 11.2. The van der Waals surface area contributed by atoms with E-state index in [1.165, 1.54) is 12.1 Å². The van der Waals surface area contributed by atoms with E-state index in [0.29, 0.717) is 29.4 Å². The molecular formula is C25H17F7N4O5. The Labute approximate surface area is 225 Å². The molecule has 0 saturated heterocycles. The second-order valence-electron chi connectivity index (χ2n) is 8.05. The molecule has 0 fully saturated rings. The van der Waals surface area contributed by atoms with Crippen LogP contribution in [0, 0.1) is 5.82 Å². The zero-order valence-electron chi connectivity index (χ0n) is 20.3. The number of carbonyl (C=O) groups is 3. The van der Waals surface area contributed by atoms with E-state index in [-0.39, 0.29) is 11.7 Å². The number of benzene rings is 1. The fourth-order valence-electron chi connectivity index (χ4n) is 3.53. The minimum atomic E-state index is -5.08. The summed E-state index contributed by atoms with van der Waals surface area (Å²) in [6.45, 7) is 0.586. The van der Waals surface area contributed by atoms with Gasteiger partial charge in [-0.1, -0.05) is 12.1 Å². The number of carboxylic acids is 2. The van der Waals surface area contributed by atoms with Crippen molar-refractivity contribution in [2.24, 2.45) is 0 Å². The smallest absolute Gasteiger partial charge is 0.475 e. The fourth-order valence-corrected chi connectivity index (χ4v) is 3.53. The molecular weight excluding hydrogens is 569 g/mol. The van der Waals surface area contributed by atoms with E-state index in [0.717, 1.165) is 17.5 Å². The number of hydrogen-bond donors (Lipinski definition) is 2. The van der Waals surface area contributed by atoms with Crippen molar-refractivity contribution in [1.29, 1.82) is 0 Å². The predicted molar refractivity (Wildman–Crippen MR) is 128 cm³/mol. The number of nitrogens with zero attached hydrogens (tertiary/aromatic N) is 4. The average Bonchev–Trinajstić information content (AvgIpc) is 3.51. The van der Waals surface area contributed by atoms with Crippen LogP contribution in [0.25, 0.3) is 16.9 Å². The van der Waals surface area contributed by atoms with Crippen molar-refractivity contribution in [2.45, 2.75) is 18.8 Å². The number of carboxylic acid groups (broad SMARTS) is 2. The summed E-state index contributed by atoms with van der Waals surface area (Å²) >= 11 is 0. The Bertz CT molecular complexity index is 1540. The number of pyridine rings is 2. The first-order chi connectivity index (χ1) is 19.1. The molecule has 0 unspecified atom stereocenters. The monoisotopic (exact) mass is 586 g/mol. The van der Waals surface area contributed by atoms with E-state index in [2.05, 4.69) is 9.97 Å². The summed E-state index contributed by atoms with van der Waals surface area (Å²) in [4.78, 5) is 41.7. The molecule has 9 nitrogen and oxygen atoms in total. The Hall–Kier alpha value is -5.02. The molecule has 0 aliphatic carbocycles. The van der Waals surface area contributed by atoms with Gasteiger partial charge in [0.25, 0.3) is 5.91 Å². The molecule has 4 aromatic rings. The summed E-state index contributed by atoms with van der Waals surface area (Å²) in [5.74, 6) is -4.70. The molecule has 41 heavy (non-hydrogen) atoms. The van der Waals surface area contributed by atoms with Gasteiger partial charge in [0.15, 0.2) is 5.69 Å². The lowest BCUT2D eigenvalue weighted by Gasteiger charge is -2.14. The van der Waals surface area contributed by atoms with Gasteiger partial charge >= 0.3 is 24.3 Å². The average molecular weight is 586 g/mol. The fraction of sp³-hybridized carbons (Fsp3) is 0.160. The highest BCUT2D eigenvalue weighted by atomic mass is 19.4. The molecule has 1 aliphatic heterocycles. The zero-order chi connectivity index (χ0) is 30.5. The number of carbonyl (C=O) groups excluding carboxylic acids is 1. The quantitative estimate of drug-likeness (QED) is 0.317. The molecule has 0 saturated carbocycles. The van der Waals surface area contributed by atoms with E-state index >= 15 is 0 Å². The van der Waals surface area contributed by atoms with Crippen molar-refractivity contribution in [3.05, 3.63) is 84.1 Å². The lowest BCUT2D eigenvalue weighted by molar-refractivity contribution is -0.193. The van der Waals surface area contributed by atoms with Crippen LogP contribution in [0.2, 0.25) is 0 Å². The van der Waals surface area contributed by atoms with Crippen LogP contribution in [0.15, 0.2) is 67.0 Å². The number of imidazole rings is 1. The molecule has 3 aromatic heterocycles. The molecule has 1 aromatic carbocycles. The maximum atomic E-state index is 13.3. The molecule has 0 radical (unpaired) electrons. The maximum Gasteiger partial charge on any atom is 0.490 e. The SMILES string of the molecule is O=C(O)C(F)(F)F.O=C(O)C(F)(F)F.O=C(c1nc(-c2ccc(F)cc2)n2ccccc12)N1CCc2cccnc21. The number of hydrogen-bond acceptors (Lipinski definition) is 5. The molecule has 1 aliphatic rings. The summed E-state index contributed by atoms with van der Waals surface area (Å²) in [5, 5.41) is 14.2. The van der Waals surface area contributed by atoms with Gasteiger partial charge in [0.05, 0.1) is 5.52 Å². The molecule has 1 amide bonds. The summed E-state index contributed by atoms with van der Waals surface area (Å²) in [5.41, 5.74) is 2.89. The van der Waals surface area contributed by atoms with Gasteiger partial charge in [0.2, 0.25) is 0 Å². The van der Waals surface area contributed by atoms with Crippen LogP contribution in [0.1, 0.15) is 16.1 Å². The first-order valence-electron chi connectivity index (χ1n) is 11.2. The lowest BCUT2D eigenvalue weighted by atomic mass is 10.2. The standard InChI is InChI=1S/C21H15FN4O.2C2HF3O2/c22-16-8-6-15(7-9-16)20-24-18(17-5-1-2-12-25(17)20)21(27)26-13-10-14-4-3-11-23-19(14)26;2*3-2(4,5)1(6)7/h1-9,11-12H,10,13H2;2*(H,6,7). The molecule has 216 valence electrons. The Morgan fingerprint density at radius 2 is 1.41 bits per heavy atom. The van der Waals surface area contributed by atoms with Gasteiger partial charge in [-0.2, -0.15) is 26.3 Å². The van der Waals surface area contributed by atoms with Crippen LogP contribution in [0.5, 0.6) is 0 Å². The van der Waals surface area contributed by atoms with Gasteiger partial charge in [-0.15, -0.1) is 0 Å². The van der Waals surface area contributed by atoms with Crippen LogP contribution >= 0.6 is 0 Å². The molecule has 0 spiro atoms. The highest BCUT2D eigenvalue weighted by Crippen LogP contribution is 2.29. The number of halogens is 7. The van der Waals surface area contributed by atoms with Crippen molar-refractivity contribution < 1.29 is 55.3 Å². The van der Waals surface area contributed by atoms with Crippen LogP contribution in [-0.2, 0) is 16.0 Å². The van der Waals surface area contributed by atoms with Gasteiger partial charge in [-0.05, 0) is 54.4 Å². The van der Waals surface area contributed by atoms with Crippen molar-refractivity contribution >= 4 is 29.2 Å². The van der Waals surface area contributed by atoms with Crippen LogP contribution in [0.4, 0.5) is 36.6 Å². The number of alkyl halides is 6. The third-order valence-corrected chi connectivity index (χ3v) is 5.31. The number of rotatable bonds is 2. The van der Waals surface area contributed by atoms with E-state index in [4.69, 9.17) is 19.8 Å². The van der Waals surface area contributed by atoms with Crippen LogP contribution < -0.4 is 4.90 Å². The van der Waals surface area contributed by atoms with E-state index in [9.17, 15) is 35.5 Å². The number of fused-ring (bicyclic) bond motifs is 2. The summed E-state index contributed by atoms with van der Waals surface area (Å²) < 4.78 is 78.6. The summed E-state index contributed by atoms with van der Waals surface area (Å²) in [6.07, 6.45) is -5.83. The largest absolute Gasteiger partial charge is 0.490 e. The number of aliphatic carboxylic acids is 2. The van der Waals surface area contributed by atoms with E-state index in [1.807, 2.05) is 40.9 Å². The normalized spacial score (nSPS) is 12.5. The highest BCUT2D eigenvalue weighted by Gasteiger charge is 2.39. The minimum absolute atomic E-state index is 0.176. The topological polar surface area (TPSA) is 125 Å². The molecule has 4 heterocycles. The molecule has 0 atom stereocenters. The Morgan fingerprint density at radius 1 is 0.829 bits per heavy atom. The van der Waals surface area contributed by atoms with E-state index in [1.54, 1.807) is 23.2 Å². The summed E-state index contributed by atoms with van der Waals surface area (Å²) in [7, 11) is 0. The Kier molecular flexibility index (Phi) is 8.94. The van der Waals surface area contributed by atoms with Gasteiger partial charge < -0.3 is 10.2 Å². The zero-order valence-corrected chi connectivity index (χ0v) is 20.3. The third-order valence-electron chi connectivity index (χ3n) is 5.31. The highest BCUT2D eigenvalue weighted by molar-refractivity contribution is 6.10. The van der Waals surface area contributed by atoms with E-state index < -0.39 is 24.3 Å². The number of amides is 1. The third kappa shape index (κ3) is 7.34. The van der Waals surface area contributed by atoms with Crippen molar-refractivity contribution in [1.82, 2.24) is 14.4 Å². The van der Waals surface area contributed by atoms with Crippen molar-refractivity contribution in [3.8, 4) is 11.4 Å². The number of anilines is 1.